The second kappa shape index (κ2) is 14.5. The minimum absolute atomic E-state index is 0.277. The molecule has 0 radical (unpaired) electrons. The van der Waals surface area contributed by atoms with Gasteiger partial charge in [0, 0.05) is 20.0 Å². The van der Waals surface area contributed by atoms with Crippen molar-refractivity contribution in [2.24, 2.45) is 0 Å². The SMILES string of the molecule is C=C=C.CCCCC(=O)OC1C(CO)OC(OC)C1OC(=O)CCCC. The molecule has 0 bridgehead atoms. The van der Waals surface area contributed by atoms with Crippen LogP contribution in [0.3, 0.4) is 0 Å². The molecule has 0 aromatic rings. The van der Waals surface area contributed by atoms with Gasteiger partial charge in [0.15, 0.2) is 18.5 Å². The Labute approximate surface area is 156 Å². The van der Waals surface area contributed by atoms with E-state index >= 15 is 0 Å². The molecule has 0 saturated carbocycles. The van der Waals surface area contributed by atoms with E-state index < -0.39 is 36.5 Å². The monoisotopic (exact) mass is 372 g/mol. The van der Waals surface area contributed by atoms with E-state index in [-0.39, 0.29) is 19.4 Å². The van der Waals surface area contributed by atoms with Gasteiger partial charge in [0.05, 0.1) is 6.61 Å². The Morgan fingerprint density at radius 1 is 1.04 bits per heavy atom. The molecule has 0 spiro atoms. The molecule has 0 aromatic carbocycles. The molecule has 1 heterocycles. The van der Waals surface area contributed by atoms with Crippen molar-refractivity contribution in [3.8, 4) is 0 Å². The van der Waals surface area contributed by atoms with Gasteiger partial charge in [-0.3, -0.25) is 9.59 Å². The summed E-state index contributed by atoms with van der Waals surface area (Å²) >= 11 is 0. The van der Waals surface area contributed by atoms with Gasteiger partial charge in [0.25, 0.3) is 0 Å². The number of aliphatic hydroxyl groups is 1. The Hall–Kier alpha value is -1.66. The summed E-state index contributed by atoms with van der Waals surface area (Å²) in [6.07, 6.45) is 0.375. The van der Waals surface area contributed by atoms with Crippen molar-refractivity contribution < 1.29 is 33.6 Å². The number of methoxy groups -OCH3 is 1. The van der Waals surface area contributed by atoms with E-state index in [2.05, 4.69) is 18.9 Å². The van der Waals surface area contributed by atoms with Crippen LogP contribution in [-0.4, -0.2) is 55.4 Å². The molecule has 26 heavy (non-hydrogen) atoms. The van der Waals surface area contributed by atoms with E-state index in [0.717, 1.165) is 12.8 Å². The molecule has 1 saturated heterocycles. The Balaban J connectivity index is 0.00000194. The molecule has 7 nitrogen and oxygen atoms in total. The zero-order chi connectivity index (χ0) is 19.9. The van der Waals surface area contributed by atoms with E-state index in [1.807, 2.05) is 13.8 Å². The number of hydrogen-bond donors (Lipinski definition) is 1. The lowest BCUT2D eigenvalue weighted by molar-refractivity contribution is -0.183. The van der Waals surface area contributed by atoms with Crippen molar-refractivity contribution in [3.05, 3.63) is 18.9 Å². The van der Waals surface area contributed by atoms with Crippen LogP contribution < -0.4 is 0 Å². The van der Waals surface area contributed by atoms with Gasteiger partial charge in [0.1, 0.15) is 6.10 Å². The Morgan fingerprint density at radius 3 is 1.88 bits per heavy atom. The fraction of sp³-hybridized carbons (Fsp3) is 0.737. The first kappa shape index (κ1) is 24.3. The van der Waals surface area contributed by atoms with Crippen LogP contribution in [0.25, 0.3) is 0 Å². The standard InChI is InChI=1S/C16H28O7.C3H4/c1-4-6-8-12(18)22-14-11(10-17)21-16(20-3)15(14)23-13(19)9-7-5-2;1-3-2/h11,14-17H,4-10H2,1-3H3;1-2H2. The van der Waals surface area contributed by atoms with Crippen LogP contribution in [0.15, 0.2) is 18.9 Å². The number of carbonyl (C=O) groups is 2. The molecule has 1 aliphatic rings. The topological polar surface area (TPSA) is 91.3 Å². The number of carbonyl (C=O) groups excluding carboxylic acids is 2. The minimum Gasteiger partial charge on any atom is -0.455 e. The van der Waals surface area contributed by atoms with E-state index in [9.17, 15) is 14.7 Å². The highest BCUT2D eigenvalue weighted by Crippen LogP contribution is 2.28. The average Bonchev–Trinajstić information content (AvgIpc) is 2.95. The van der Waals surface area contributed by atoms with Crippen molar-refractivity contribution in [2.75, 3.05) is 13.7 Å². The summed E-state index contributed by atoms with van der Waals surface area (Å²) in [6, 6.07) is 0. The van der Waals surface area contributed by atoms with Crippen LogP contribution in [-0.2, 0) is 28.5 Å². The van der Waals surface area contributed by atoms with Crippen LogP contribution in [0.2, 0.25) is 0 Å². The molecule has 4 unspecified atom stereocenters. The van der Waals surface area contributed by atoms with Crippen molar-refractivity contribution in [1.29, 1.82) is 0 Å². The van der Waals surface area contributed by atoms with Crippen LogP contribution in [0.4, 0.5) is 0 Å². The molecule has 1 rings (SSSR count). The molecule has 1 fully saturated rings. The molecule has 0 aliphatic carbocycles. The average molecular weight is 372 g/mol. The molecule has 1 N–H and O–H groups in total. The van der Waals surface area contributed by atoms with Gasteiger partial charge >= 0.3 is 11.9 Å². The highest BCUT2D eigenvalue weighted by molar-refractivity contribution is 5.70. The molecule has 4 atom stereocenters. The van der Waals surface area contributed by atoms with Crippen LogP contribution in [0, 0.1) is 0 Å². The van der Waals surface area contributed by atoms with Gasteiger partial charge < -0.3 is 24.1 Å². The maximum Gasteiger partial charge on any atom is 0.306 e. The Kier molecular flexibility index (Phi) is 13.6. The Morgan fingerprint density at radius 2 is 1.50 bits per heavy atom. The predicted octanol–water partition coefficient (Wildman–Crippen LogP) is 2.51. The highest BCUT2D eigenvalue weighted by Gasteiger charge is 2.49. The third-order valence-electron chi connectivity index (χ3n) is 3.68. The van der Waals surface area contributed by atoms with Crippen molar-refractivity contribution in [3.63, 3.8) is 0 Å². The van der Waals surface area contributed by atoms with Crippen LogP contribution in [0.1, 0.15) is 52.4 Å². The van der Waals surface area contributed by atoms with E-state index in [1.54, 1.807) is 0 Å². The lowest BCUT2D eigenvalue weighted by atomic mass is 10.1. The first-order valence-corrected chi connectivity index (χ1v) is 8.96. The predicted molar refractivity (Wildman–Crippen MR) is 96.3 cm³/mol. The number of aliphatic hydroxyl groups excluding tert-OH is 1. The first-order chi connectivity index (χ1) is 12.5. The molecule has 150 valence electrons. The molecular formula is C19H32O7. The zero-order valence-corrected chi connectivity index (χ0v) is 16.1. The third-order valence-corrected chi connectivity index (χ3v) is 3.68. The van der Waals surface area contributed by atoms with Crippen LogP contribution in [0.5, 0.6) is 0 Å². The summed E-state index contributed by atoms with van der Waals surface area (Å²) in [6.45, 7) is 9.85. The van der Waals surface area contributed by atoms with Gasteiger partial charge in [0.2, 0.25) is 0 Å². The van der Waals surface area contributed by atoms with Gasteiger partial charge in [-0.1, -0.05) is 39.8 Å². The Bertz CT molecular complexity index is 409. The number of ether oxygens (including phenoxy) is 4. The number of hydrogen-bond acceptors (Lipinski definition) is 7. The molecular weight excluding hydrogens is 340 g/mol. The lowest BCUT2D eigenvalue weighted by Gasteiger charge is -2.23. The normalized spacial score (nSPS) is 24.2. The summed E-state index contributed by atoms with van der Waals surface area (Å²) < 4.78 is 21.4. The number of esters is 2. The summed E-state index contributed by atoms with van der Waals surface area (Å²) in [5, 5.41) is 9.42. The second-order valence-corrected chi connectivity index (χ2v) is 5.83. The van der Waals surface area contributed by atoms with Crippen LogP contribution >= 0.6 is 0 Å². The largest absolute Gasteiger partial charge is 0.455 e. The van der Waals surface area contributed by atoms with Gasteiger partial charge in [-0.15, -0.1) is 5.73 Å². The zero-order valence-electron chi connectivity index (χ0n) is 16.1. The summed E-state index contributed by atoms with van der Waals surface area (Å²) in [5.74, 6) is -0.791. The fourth-order valence-electron chi connectivity index (χ4n) is 2.36. The van der Waals surface area contributed by atoms with Gasteiger partial charge in [-0.2, -0.15) is 0 Å². The molecule has 0 amide bonds. The van der Waals surface area contributed by atoms with Crippen molar-refractivity contribution in [1.82, 2.24) is 0 Å². The number of unbranched alkanes of at least 4 members (excludes halogenated alkanes) is 2. The van der Waals surface area contributed by atoms with Gasteiger partial charge in [-0.05, 0) is 12.8 Å². The van der Waals surface area contributed by atoms with Crippen molar-refractivity contribution in [2.45, 2.75) is 77.0 Å². The summed E-state index contributed by atoms with van der Waals surface area (Å²) in [4.78, 5) is 23.8. The fourth-order valence-corrected chi connectivity index (χ4v) is 2.36. The minimum atomic E-state index is -0.868. The maximum atomic E-state index is 11.9. The summed E-state index contributed by atoms with van der Waals surface area (Å²) in [7, 11) is 1.41. The van der Waals surface area contributed by atoms with Gasteiger partial charge in [-0.25, -0.2) is 0 Å². The first-order valence-electron chi connectivity index (χ1n) is 8.96. The number of rotatable bonds is 10. The summed E-state index contributed by atoms with van der Waals surface area (Å²) in [5.41, 5.74) is 2.25. The van der Waals surface area contributed by atoms with E-state index in [1.165, 1.54) is 7.11 Å². The van der Waals surface area contributed by atoms with E-state index in [0.29, 0.717) is 12.8 Å². The lowest BCUT2D eigenvalue weighted by Crippen LogP contribution is -2.41. The molecule has 7 heteroatoms. The quantitative estimate of drug-likeness (QED) is 0.465. The van der Waals surface area contributed by atoms with E-state index in [4.69, 9.17) is 18.9 Å². The highest BCUT2D eigenvalue weighted by atomic mass is 16.7. The smallest absolute Gasteiger partial charge is 0.306 e. The third kappa shape index (κ3) is 8.63. The molecule has 0 aromatic heterocycles. The second-order valence-electron chi connectivity index (χ2n) is 5.83. The molecule has 1 aliphatic heterocycles. The maximum absolute atomic E-state index is 11.9. The van der Waals surface area contributed by atoms with Crippen molar-refractivity contribution >= 4 is 11.9 Å².